The van der Waals surface area contributed by atoms with Gasteiger partial charge in [-0.2, -0.15) is 0 Å². The quantitative estimate of drug-likeness (QED) is 0.854. The van der Waals surface area contributed by atoms with Crippen LogP contribution in [-0.2, 0) is 6.54 Å². The van der Waals surface area contributed by atoms with Crippen LogP contribution < -0.4 is 4.90 Å². The van der Waals surface area contributed by atoms with Crippen LogP contribution in [-0.4, -0.2) is 48.8 Å². The van der Waals surface area contributed by atoms with E-state index in [1.165, 1.54) is 4.88 Å². The molecular weight excluding hydrogens is 222 g/mol. The normalized spacial score (nSPS) is 21.6. The molecule has 4 nitrogen and oxygen atoms in total. The van der Waals surface area contributed by atoms with Gasteiger partial charge in [0.1, 0.15) is 0 Å². The molecule has 1 aliphatic heterocycles. The van der Waals surface area contributed by atoms with Crippen molar-refractivity contribution in [2.75, 3.05) is 38.7 Å². The van der Waals surface area contributed by atoms with Gasteiger partial charge in [0, 0.05) is 44.9 Å². The zero-order valence-corrected chi connectivity index (χ0v) is 10.7. The van der Waals surface area contributed by atoms with Crippen molar-refractivity contribution in [3.05, 3.63) is 11.1 Å². The van der Waals surface area contributed by atoms with Gasteiger partial charge in [-0.25, -0.2) is 4.98 Å². The standard InChI is InChI=1S/C11H19N3OS/c1-13(2)11-12-5-10(16-11)7-14-4-3-9(6-14)8-15/h5,9,15H,3-4,6-8H2,1-2H3. The van der Waals surface area contributed by atoms with Crippen LogP contribution in [0.5, 0.6) is 0 Å². The minimum Gasteiger partial charge on any atom is -0.396 e. The van der Waals surface area contributed by atoms with Gasteiger partial charge >= 0.3 is 0 Å². The summed E-state index contributed by atoms with van der Waals surface area (Å²) in [6.07, 6.45) is 3.09. The number of hydrogen-bond donors (Lipinski definition) is 1. The molecule has 16 heavy (non-hydrogen) atoms. The average Bonchev–Trinajstić information content (AvgIpc) is 2.87. The first-order chi connectivity index (χ1) is 7.69. The Bertz CT molecular complexity index is 340. The summed E-state index contributed by atoms with van der Waals surface area (Å²) in [5.41, 5.74) is 0. The highest BCUT2D eigenvalue weighted by Crippen LogP contribution is 2.24. The molecule has 1 fully saturated rings. The fraction of sp³-hybridized carbons (Fsp3) is 0.727. The predicted molar refractivity (Wildman–Crippen MR) is 66.9 cm³/mol. The maximum absolute atomic E-state index is 9.08. The van der Waals surface area contributed by atoms with Crippen molar-refractivity contribution in [2.45, 2.75) is 13.0 Å². The number of likely N-dealkylation sites (tertiary alicyclic amines) is 1. The summed E-state index contributed by atoms with van der Waals surface area (Å²) in [7, 11) is 4.03. The van der Waals surface area contributed by atoms with E-state index in [1.807, 2.05) is 25.2 Å². The highest BCUT2D eigenvalue weighted by Gasteiger charge is 2.22. The molecule has 0 aromatic carbocycles. The monoisotopic (exact) mass is 241 g/mol. The molecule has 1 aliphatic rings. The number of nitrogens with zero attached hydrogens (tertiary/aromatic N) is 3. The van der Waals surface area contributed by atoms with Crippen LogP contribution in [0, 0.1) is 5.92 Å². The summed E-state index contributed by atoms with van der Waals surface area (Å²) in [5, 5.41) is 10.1. The maximum atomic E-state index is 9.08. The first-order valence-corrected chi connectivity index (χ1v) is 6.46. The number of anilines is 1. The van der Waals surface area contributed by atoms with Gasteiger partial charge in [0.2, 0.25) is 0 Å². The van der Waals surface area contributed by atoms with Gasteiger partial charge in [-0.3, -0.25) is 4.90 Å². The number of aliphatic hydroxyl groups is 1. The van der Waals surface area contributed by atoms with Crippen molar-refractivity contribution >= 4 is 16.5 Å². The highest BCUT2D eigenvalue weighted by molar-refractivity contribution is 7.15. The first-order valence-electron chi connectivity index (χ1n) is 5.64. The maximum Gasteiger partial charge on any atom is 0.185 e. The van der Waals surface area contributed by atoms with Crippen LogP contribution >= 0.6 is 11.3 Å². The lowest BCUT2D eigenvalue weighted by atomic mass is 10.1. The third-order valence-corrected chi connectivity index (χ3v) is 4.08. The summed E-state index contributed by atoms with van der Waals surface area (Å²) in [4.78, 5) is 10.1. The molecule has 2 heterocycles. The molecule has 1 N–H and O–H groups in total. The molecule has 0 spiro atoms. The summed E-state index contributed by atoms with van der Waals surface area (Å²) in [6, 6.07) is 0. The highest BCUT2D eigenvalue weighted by atomic mass is 32.1. The minimum atomic E-state index is 0.322. The van der Waals surface area contributed by atoms with E-state index < -0.39 is 0 Å². The summed E-state index contributed by atoms with van der Waals surface area (Å²) in [6.45, 7) is 3.41. The van der Waals surface area contributed by atoms with E-state index in [9.17, 15) is 0 Å². The third-order valence-electron chi connectivity index (χ3n) is 2.93. The molecule has 0 amide bonds. The van der Waals surface area contributed by atoms with E-state index in [2.05, 4.69) is 9.88 Å². The van der Waals surface area contributed by atoms with Crippen molar-refractivity contribution in [2.24, 2.45) is 5.92 Å². The largest absolute Gasteiger partial charge is 0.396 e. The zero-order valence-electron chi connectivity index (χ0n) is 9.89. The number of aromatic nitrogens is 1. The molecule has 2 rings (SSSR count). The Labute approximate surface area is 101 Å². The molecule has 1 atom stereocenters. The van der Waals surface area contributed by atoms with Crippen LogP contribution in [0.25, 0.3) is 0 Å². The SMILES string of the molecule is CN(C)c1ncc(CN2CCC(CO)C2)s1. The molecule has 1 aromatic heterocycles. The molecule has 5 heteroatoms. The van der Waals surface area contributed by atoms with Crippen LogP contribution in [0.2, 0.25) is 0 Å². The fourth-order valence-electron chi connectivity index (χ4n) is 2.00. The molecule has 1 aromatic rings. The van der Waals surface area contributed by atoms with Crippen LogP contribution in [0.15, 0.2) is 6.20 Å². The first kappa shape index (κ1) is 11.8. The molecule has 90 valence electrons. The van der Waals surface area contributed by atoms with E-state index in [4.69, 9.17) is 5.11 Å². The molecule has 0 saturated carbocycles. The second kappa shape index (κ2) is 5.12. The lowest BCUT2D eigenvalue weighted by molar-refractivity contribution is 0.220. The van der Waals surface area contributed by atoms with Gasteiger partial charge < -0.3 is 10.0 Å². The van der Waals surface area contributed by atoms with Gasteiger partial charge in [-0.1, -0.05) is 0 Å². The smallest absolute Gasteiger partial charge is 0.185 e. The van der Waals surface area contributed by atoms with E-state index >= 15 is 0 Å². The van der Waals surface area contributed by atoms with Crippen LogP contribution in [0.1, 0.15) is 11.3 Å². The Morgan fingerprint density at radius 1 is 1.62 bits per heavy atom. The fourth-order valence-corrected chi connectivity index (χ4v) is 2.88. The van der Waals surface area contributed by atoms with Gasteiger partial charge in [0.15, 0.2) is 5.13 Å². The van der Waals surface area contributed by atoms with E-state index in [1.54, 1.807) is 11.3 Å². The van der Waals surface area contributed by atoms with Crippen molar-refractivity contribution in [1.29, 1.82) is 0 Å². The number of thiazole rings is 1. The summed E-state index contributed by atoms with van der Waals surface area (Å²) >= 11 is 1.75. The average molecular weight is 241 g/mol. The second-order valence-electron chi connectivity index (χ2n) is 4.58. The lowest BCUT2D eigenvalue weighted by Crippen LogP contribution is -2.20. The zero-order chi connectivity index (χ0) is 11.5. The lowest BCUT2D eigenvalue weighted by Gasteiger charge is -2.13. The Morgan fingerprint density at radius 3 is 3.00 bits per heavy atom. The van der Waals surface area contributed by atoms with Gasteiger partial charge in [-0.15, -0.1) is 11.3 Å². The van der Waals surface area contributed by atoms with Crippen molar-refractivity contribution in [1.82, 2.24) is 9.88 Å². The third kappa shape index (κ3) is 2.72. The van der Waals surface area contributed by atoms with Gasteiger partial charge in [0.25, 0.3) is 0 Å². The minimum absolute atomic E-state index is 0.322. The van der Waals surface area contributed by atoms with E-state index in [0.29, 0.717) is 12.5 Å². The topological polar surface area (TPSA) is 39.6 Å². The van der Waals surface area contributed by atoms with Crippen molar-refractivity contribution in [3.8, 4) is 0 Å². The summed E-state index contributed by atoms with van der Waals surface area (Å²) in [5.74, 6) is 0.473. The van der Waals surface area contributed by atoms with Crippen LogP contribution in [0.4, 0.5) is 5.13 Å². The Kier molecular flexibility index (Phi) is 3.78. The van der Waals surface area contributed by atoms with E-state index in [0.717, 1.165) is 31.2 Å². The number of rotatable bonds is 4. The molecule has 1 unspecified atom stereocenters. The molecule has 0 radical (unpaired) electrons. The Hall–Kier alpha value is -0.650. The molecule has 1 saturated heterocycles. The Morgan fingerprint density at radius 2 is 2.44 bits per heavy atom. The van der Waals surface area contributed by atoms with Gasteiger partial charge in [-0.05, 0) is 18.9 Å². The predicted octanol–water partition coefficient (Wildman–Crippen LogP) is 1.02. The van der Waals surface area contributed by atoms with Crippen LogP contribution in [0.3, 0.4) is 0 Å². The van der Waals surface area contributed by atoms with Crippen molar-refractivity contribution in [3.63, 3.8) is 0 Å². The molecular formula is C11H19N3OS. The number of aliphatic hydroxyl groups excluding tert-OH is 1. The molecule has 0 bridgehead atoms. The van der Waals surface area contributed by atoms with Gasteiger partial charge in [0.05, 0.1) is 0 Å². The summed E-state index contributed by atoms with van der Waals surface area (Å²) < 4.78 is 0. The second-order valence-corrected chi connectivity index (χ2v) is 5.67. The Balaban J connectivity index is 1.89. The van der Waals surface area contributed by atoms with Crippen molar-refractivity contribution < 1.29 is 5.11 Å². The van der Waals surface area contributed by atoms with E-state index in [-0.39, 0.29) is 0 Å². The molecule has 0 aliphatic carbocycles. The number of hydrogen-bond acceptors (Lipinski definition) is 5.